The topological polar surface area (TPSA) is 59.2 Å². The van der Waals surface area contributed by atoms with Crippen molar-refractivity contribution < 1.29 is 22.5 Å². The number of anilines is 1. The normalized spacial score (nSPS) is 36.4. The number of aromatic nitrogens is 2. The molecule has 0 atom stereocenters. The second-order valence-electron chi connectivity index (χ2n) is 10.9. The summed E-state index contributed by atoms with van der Waals surface area (Å²) in [7, 11) is 0. The van der Waals surface area contributed by atoms with Crippen molar-refractivity contribution in [3.63, 3.8) is 0 Å². The summed E-state index contributed by atoms with van der Waals surface area (Å²) in [5.41, 5.74) is -1.21. The van der Waals surface area contributed by atoms with Crippen LogP contribution in [0.5, 0.6) is 0 Å². The molecule has 33 heavy (non-hydrogen) atoms. The monoisotopic (exact) mass is 523 g/mol. The maximum absolute atomic E-state index is 14.2. The number of nitrogens with zero attached hydrogens (tertiary/aromatic N) is 3. The van der Waals surface area contributed by atoms with E-state index in [2.05, 4.69) is 26.1 Å². The molecule has 6 saturated carbocycles. The highest BCUT2D eigenvalue weighted by Gasteiger charge is 2.73. The van der Waals surface area contributed by atoms with Crippen LogP contribution in [0.25, 0.3) is 0 Å². The Morgan fingerprint density at radius 1 is 1.12 bits per heavy atom. The summed E-state index contributed by atoms with van der Waals surface area (Å²) in [5, 5.41) is 3.89. The summed E-state index contributed by atoms with van der Waals surface area (Å²) in [6.45, 7) is 0.591. The molecule has 0 unspecified atom stereocenters. The lowest BCUT2D eigenvalue weighted by Crippen LogP contribution is -2.71. The second kappa shape index (κ2) is 7.06. The van der Waals surface area contributed by atoms with E-state index < -0.39 is 23.4 Å². The Morgan fingerprint density at radius 2 is 1.79 bits per heavy atom. The van der Waals surface area contributed by atoms with Crippen LogP contribution < -0.4 is 4.90 Å². The fourth-order valence-electron chi connectivity index (χ4n) is 6.81. The van der Waals surface area contributed by atoms with Gasteiger partial charge in [-0.15, -0.1) is 0 Å². The highest BCUT2D eigenvalue weighted by Crippen LogP contribution is 2.70. The van der Waals surface area contributed by atoms with Gasteiger partial charge in [-0.2, -0.15) is 13.8 Å². The van der Waals surface area contributed by atoms with E-state index in [1.165, 1.54) is 0 Å². The molecule has 1 heterocycles. The van der Waals surface area contributed by atoms with E-state index >= 15 is 0 Å². The molecular weight excluding hydrogens is 499 g/mol. The van der Waals surface area contributed by atoms with Crippen molar-refractivity contribution in [2.75, 3.05) is 11.4 Å². The van der Waals surface area contributed by atoms with Crippen molar-refractivity contribution in [2.24, 2.45) is 10.8 Å². The van der Waals surface area contributed by atoms with Gasteiger partial charge in [-0.25, -0.2) is 4.39 Å². The van der Waals surface area contributed by atoms with Crippen LogP contribution in [-0.2, 0) is 10.2 Å². The summed E-state index contributed by atoms with van der Waals surface area (Å²) in [6.07, 6.45) is 3.20. The molecule has 0 saturated heterocycles. The fourth-order valence-corrected chi connectivity index (χ4v) is 7.20. The third-order valence-electron chi connectivity index (χ3n) is 8.78. The molecule has 2 aromatic rings. The average Bonchev–Trinajstić information content (AvgIpc) is 3.27. The lowest BCUT2D eigenvalue weighted by Gasteiger charge is -2.65. The van der Waals surface area contributed by atoms with Crippen LogP contribution in [0.2, 0.25) is 0 Å². The molecule has 1 aromatic carbocycles. The van der Waals surface area contributed by atoms with Crippen LogP contribution in [0.3, 0.4) is 0 Å². The van der Waals surface area contributed by atoms with Gasteiger partial charge in [0.05, 0.1) is 5.41 Å². The van der Waals surface area contributed by atoms with E-state index in [4.69, 9.17) is 4.52 Å². The maximum atomic E-state index is 14.2. The predicted molar refractivity (Wildman–Crippen MR) is 118 cm³/mol. The molecule has 5 nitrogen and oxygen atoms in total. The van der Waals surface area contributed by atoms with Gasteiger partial charge in [0.25, 0.3) is 5.89 Å². The first-order valence-corrected chi connectivity index (χ1v) is 12.3. The van der Waals surface area contributed by atoms with Gasteiger partial charge < -0.3 is 9.42 Å². The van der Waals surface area contributed by atoms with Crippen molar-refractivity contribution in [1.29, 1.82) is 0 Å². The number of halogens is 4. The minimum Gasteiger partial charge on any atom is -0.333 e. The first-order chi connectivity index (χ1) is 15.7. The minimum absolute atomic E-state index is 0.0386. The van der Waals surface area contributed by atoms with Crippen LogP contribution in [-0.4, -0.2) is 28.3 Å². The molecule has 1 amide bonds. The molecule has 0 aliphatic heterocycles. The van der Waals surface area contributed by atoms with E-state index in [1.807, 2.05) is 29.2 Å². The number of hydrogen-bond donors (Lipinski definition) is 0. The molecule has 4 bridgehead atoms. The Bertz CT molecular complexity index is 1080. The Balaban J connectivity index is 1.24. The molecule has 0 radical (unpaired) electrons. The SMILES string of the molecule is O=C(N(CC12CCC(c3noc(C(F)F)n3)(CC1)CC2)c1cccc(Br)c1)C12CC(F)(C1)C2. The van der Waals surface area contributed by atoms with Gasteiger partial charge in [0, 0.05) is 22.1 Å². The van der Waals surface area contributed by atoms with Gasteiger partial charge in [0.1, 0.15) is 5.67 Å². The standard InChI is InChI=1S/C24H25BrF3N3O2/c25-15-2-1-3-16(10-15)31(20(32)23-11-24(28,12-23)13-23)14-21-4-7-22(8-5-21,9-6-21)19-29-18(17(26)27)33-30-19/h1-3,10,17H,4-9,11-14H2. The third-order valence-corrected chi connectivity index (χ3v) is 9.28. The molecule has 0 spiro atoms. The number of rotatable bonds is 6. The van der Waals surface area contributed by atoms with Gasteiger partial charge >= 0.3 is 6.43 Å². The lowest BCUT2D eigenvalue weighted by molar-refractivity contribution is -0.211. The molecular formula is C24H25BrF3N3O2. The van der Waals surface area contributed by atoms with Crippen LogP contribution >= 0.6 is 15.9 Å². The van der Waals surface area contributed by atoms with Gasteiger partial charge in [-0.1, -0.05) is 27.2 Å². The van der Waals surface area contributed by atoms with Crippen molar-refractivity contribution in [1.82, 2.24) is 10.1 Å². The fraction of sp³-hybridized carbons (Fsp3) is 0.625. The van der Waals surface area contributed by atoms with Gasteiger partial charge in [0.2, 0.25) is 5.91 Å². The zero-order valence-electron chi connectivity index (χ0n) is 18.1. The van der Waals surface area contributed by atoms with E-state index in [1.54, 1.807) is 0 Å². The van der Waals surface area contributed by atoms with Crippen LogP contribution in [0.1, 0.15) is 75.9 Å². The van der Waals surface area contributed by atoms with Gasteiger partial charge in [-0.05, 0) is 81.4 Å². The number of amides is 1. The average molecular weight is 524 g/mol. The number of carbonyl (C=O) groups excluding carboxylic acids is 1. The molecule has 176 valence electrons. The maximum Gasteiger partial charge on any atom is 0.315 e. The van der Waals surface area contributed by atoms with Crippen LogP contribution in [0.15, 0.2) is 33.3 Å². The largest absolute Gasteiger partial charge is 0.333 e. The van der Waals surface area contributed by atoms with E-state index in [-0.39, 0.29) is 16.7 Å². The van der Waals surface area contributed by atoms with Gasteiger partial charge in [-0.3, -0.25) is 4.79 Å². The molecule has 1 aromatic heterocycles. The smallest absolute Gasteiger partial charge is 0.315 e. The Morgan fingerprint density at radius 3 is 2.33 bits per heavy atom. The summed E-state index contributed by atoms with van der Waals surface area (Å²) >= 11 is 3.51. The predicted octanol–water partition coefficient (Wildman–Crippen LogP) is 6.29. The molecule has 6 aliphatic carbocycles. The van der Waals surface area contributed by atoms with E-state index in [9.17, 15) is 18.0 Å². The lowest BCUT2D eigenvalue weighted by atomic mass is 9.41. The van der Waals surface area contributed by atoms with E-state index in [0.717, 1.165) is 48.7 Å². The van der Waals surface area contributed by atoms with Crippen molar-refractivity contribution in [2.45, 2.75) is 75.3 Å². The van der Waals surface area contributed by atoms with Crippen LogP contribution in [0.4, 0.5) is 18.9 Å². The summed E-state index contributed by atoms with van der Waals surface area (Å²) in [6, 6.07) is 7.74. The number of alkyl halides is 3. The van der Waals surface area contributed by atoms with E-state index in [0.29, 0.717) is 31.6 Å². The Kier molecular flexibility index (Phi) is 4.62. The third kappa shape index (κ3) is 3.28. The summed E-state index contributed by atoms with van der Waals surface area (Å²) in [5.74, 6) is -0.179. The molecule has 9 heteroatoms. The quantitative estimate of drug-likeness (QED) is 0.446. The minimum atomic E-state index is -2.76. The molecule has 0 N–H and O–H groups in total. The Hall–Kier alpha value is -1.90. The van der Waals surface area contributed by atoms with Gasteiger partial charge in [0.15, 0.2) is 5.82 Å². The highest BCUT2D eigenvalue weighted by atomic mass is 79.9. The zero-order valence-corrected chi connectivity index (χ0v) is 19.7. The number of fused-ring (bicyclic) bond motifs is 3. The summed E-state index contributed by atoms with van der Waals surface area (Å²) < 4.78 is 45.8. The van der Waals surface area contributed by atoms with Crippen molar-refractivity contribution in [3.05, 3.63) is 40.5 Å². The number of carbonyl (C=O) groups is 1. The molecule has 6 aliphatic rings. The van der Waals surface area contributed by atoms with Crippen LogP contribution in [0, 0.1) is 10.8 Å². The Labute approximate surface area is 198 Å². The summed E-state index contributed by atoms with van der Waals surface area (Å²) in [4.78, 5) is 19.6. The first-order valence-electron chi connectivity index (χ1n) is 11.5. The molecule has 6 fully saturated rings. The van der Waals surface area contributed by atoms with Crippen molar-refractivity contribution >= 4 is 27.5 Å². The molecule has 8 rings (SSSR count). The number of benzene rings is 1. The second-order valence-corrected chi connectivity index (χ2v) is 11.8. The number of hydrogen-bond acceptors (Lipinski definition) is 4. The first kappa shape index (κ1) is 21.6. The van der Waals surface area contributed by atoms with Crippen molar-refractivity contribution in [3.8, 4) is 0 Å². The highest BCUT2D eigenvalue weighted by molar-refractivity contribution is 9.10. The zero-order chi connectivity index (χ0) is 23.1.